The van der Waals surface area contributed by atoms with Crippen LogP contribution in [0.5, 0.6) is 0 Å². The van der Waals surface area contributed by atoms with Gasteiger partial charge in [-0.25, -0.2) is 15.0 Å². The molecule has 9 heteroatoms. The molecule has 0 radical (unpaired) electrons. The zero-order chi connectivity index (χ0) is 11.5. The molecular weight excluding hydrogens is 254 g/mol. The Hall–Kier alpha value is -1.67. The maximum absolute atomic E-state index is 10.7. The van der Waals surface area contributed by atoms with Gasteiger partial charge in [0.1, 0.15) is 6.20 Å². The van der Waals surface area contributed by atoms with Gasteiger partial charge in [-0.05, 0) is 23.4 Å². The van der Waals surface area contributed by atoms with E-state index >= 15 is 0 Å². The lowest BCUT2D eigenvalue weighted by Crippen LogP contribution is -1.96. The average Bonchev–Trinajstić information content (AvgIpc) is 2.70. The minimum Gasteiger partial charge on any atom is -0.339 e. The Morgan fingerprint density at radius 2 is 2.31 bits per heavy atom. The first-order valence-electron chi connectivity index (χ1n) is 4.01. The molecule has 2 rings (SSSR count). The van der Waals surface area contributed by atoms with Gasteiger partial charge in [-0.1, -0.05) is 0 Å². The first kappa shape index (κ1) is 10.8. The molecule has 0 bridgehead atoms. The van der Waals surface area contributed by atoms with Crippen molar-refractivity contribution in [1.29, 1.82) is 0 Å². The molecule has 0 spiro atoms. The number of nitrogens with one attached hydrogen (secondary N) is 1. The van der Waals surface area contributed by atoms with Crippen molar-refractivity contribution in [2.75, 3.05) is 0 Å². The first-order chi connectivity index (χ1) is 7.66. The molecule has 82 valence electrons. The van der Waals surface area contributed by atoms with Crippen molar-refractivity contribution in [1.82, 2.24) is 19.9 Å². The smallest absolute Gasteiger partial charge is 0.320 e. The highest BCUT2D eigenvalue weighted by Gasteiger charge is 2.18. The van der Waals surface area contributed by atoms with Gasteiger partial charge < -0.3 is 4.98 Å². The van der Waals surface area contributed by atoms with Crippen molar-refractivity contribution in [2.24, 2.45) is 0 Å². The Kier molecular flexibility index (Phi) is 3.02. The summed E-state index contributed by atoms with van der Waals surface area (Å²) in [5.41, 5.74) is -0.203. The van der Waals surface area contributed by atoms with Gasteiger partial charge in [-0.2, -0.15) is 0 Å². The molecule has 0 aliphatic carbocycles. The van der Waals surface area contributed by atoms with E-state index in [9.17, 15) is 10.1 Å². The number of aromatic nitrogens is 4. The van der Waals surface area contributed by atoms with E-state index in [0.717, 1.165) is 18.0 Å². The van der Waals surface area contributed by atoms with Crippen molar-refractivity contribution in [3.63, 3.8) is 0 Å². The fourth-order valence-electron chi connectivity index (χ4n) is 0.938. The summed E-state index contributed by atoms with van der Waals surface area (Å²) in [6, 6.07) is 0. The van der Waals surface area contributed by atoms with Gasteiger partial charge in [0.15, 0.2) is 10.2 Å². The molecule has 0 saturated carbocycles. The van der Waals surface area contributed by atoms with E-state index in [4.69, 9.17) is 11.6 Å². The number of hydrogen-bond donors (Lipinski definition) is 1. The van der Waals surface area contributed by atoms with Crippen molar-refractivity contribution < 1.29 is 4.92 Å². The third kappa shape index (κ3) is 2.28. The van der Waals surface area contributed by atoms with Crippen LogP contribution in [-0.2, 0) is 0 Å². The van der Waals surface area contributed by atoms with Crippen LogP contribution in [0.1, 0.15) is 0 Å². The summed E-state index contributed by atoms with van der Waals surface area (Å²) >= 11 is 6.59. The van der Waals surface area contributed by atoms with Crippen LogP contribution >= 0.6 is 23.4 Å². The van der Waals surface area contributed by atoms with E-state index in [1.54, 1.807) is 6.20 Å². The fourth-order valence-corrected chi connectivity index (χ4v) is 1.91. The third-order valence-electron chi connectivity index (χ3n) is 1.57. The zero-order valence-electron chi connectivity index (χ0n) is 7.62. The predicted molar refractivity (Wildman–Crippen MR) is 56.4 cm³/mol. The summed E-state index contributed by atoms with van der Waals surface area (Å²) in [5, 5.41) is 11.3. The van der Waals surface area contributed by atoms with Crippen molar-refractivity contribution in [3.05, 3.63) is 34.0 Å². The van der Waals surface area contributed by atoms with Gasteiger partial charge >= 0.3 is 5.69 Å². The number of imidazole rings is 1. The summed E-state index contributed by atoms with van der Waals surface area (Å²) in [6.07, 6.45) is 4.22. The average molecular weight is 258 g/mol. The van der Waals surface area contributed by atoms with E-state index < -0.39 is 4.92 Å². The molecule has 0 saturated heterocycles. The first-order valence-corrected chi connectivity index (χ1v) is 5.20. The Balaban J connectivity index is 2.38. The highest BCUT2D eigenvalue weighted by Crippen LogP contribution is 2.30. The highest BCUT2D eigenvalue weighted by atomic mass is 35.5. The third-order valence-corrected chi connectivity index (χ3v) is 2.66. The molecule has 16 heavy (non-hydrogen) atoms. The standard InChI is InChI=1S/C7H4ClN5O2S/c8-6-11-3-4(13(14)15)5(12-6)16-7-9-1-2-10-7/h1-3H,(H,9,10). The van der Waals surface area contributed by atoms with Crippen molar-refractivity contribution in [2.45, 2.75) is 10.2 Å². The Bertz CT molecular complexity index is 518. The predicted octanol–water partition coefficient (Wildman–Crippen LogP) is 1.91. The Labute approximate surface area is 98.4 Å². The van der Waals surface area contributed by atoms with E-state index in [2.05, 4.69) is 19.9 Å². The minimum atomic E-state index is -0.568. The summed E-state index contributed by atoms with van der Waals surface area (Å²) in [5.74, 6) is 0. The van der Waals surface area contributed by atoms with Crippen molar-refractivity contribution in [3.8, 4) is 0 Å². The Morgan fingerprint density at radius 3 is 2.94 bits per heavy atom. The molecule has 0 aromatic carbocycles. The van der Waals surface area contributed by atoms with Crippen LogP contribution in [0.4, 0.5) is 5.69 Å². The minimum absolute atomic E-state index is 0.0420. The second-order valence-electron chi connectivity index (χ2n) is 2.58. The molecule has 2 aromatic heterocycles. The maximum Gasteiger partial charge on any atom is 0.320 e. The van der Waals surface area contributed by atoms with Crippen LogP contribution < -0.4 is 0 Å². The fraction of sp³-hybridized carbons (Fsp3) is 0. The van der Waals surface area contributed by atoms with Crippen LogP contribution in [0.2, 0.25) is 5.28 Å². The second-order valence-corrected chi connectivity index (χ2v) is 3.90. The number of halogens is 1. The number of nitro groups is 1. The molecular formula is C7H4ClN5O2S. The molecule has 2 heterocycles. The maximum atomic E-state index is 10.7. The molecule has 7 nitrogen and oxygen atoms in total. The van der Waals surface area contributed by atoms with Crippen molar-refractivity contribution >= 4 is 29.1 Å². The second kappa shape index (κ2) is 4.45. The Morgan fingerprint density at radius 1 is 1.50 bits per heavy atom. The summed E-state index contributed by atoms with van der Waals surface area (Å²) < 4.78 is 0. The largest absolute Gasteiger partial charge is 0.339 e. The molecule has 0 aliphatic rings. The number of H-pyrrole nitrogens is 1. The van der Waals surface area contributed by atoms with Crippen LogP contribution in [-0.4, -0.2) is 24.9 Å². The summed E-state index contributed by atoms with van der Waals surface area (Å²) in [7, 11) is 0. The van der Waals surface area contributed by atoms with E-state index in [1.807, 2.05) is 0 Å². The number of nitrogens with zero attached hydrogens (tertiary/aromatic N) is 4. The molecule has 2 aromatic rings. The number of hydrogen-bond acceptors (Lipinski definition) is 6. The quantitative estimate of drug-likeness (QED) is 0.390. The van der Waals surface area contributed by atoms with Crippen LogP contribution in [0.3, 0.4) is 0 Å². The van der Waals surface area contributed by atoms with Gasteiger partial charge in [0.2, 0.25) is 5.28 Å². The molecule has 1 N–H and O–H groups in total. The van der Waals surface area contributed by atoms with Crippen LogP contribution in [0.25, 0.3) is 0 Å². The molecule has 0 atom stereocenters. The lowest BCUT2D eigenvalue weighted by molar-refractivity contribution is -0.388. The normalized spacial score (nSPS) is 10.3. The number of aromatic amines is 1. The molecule has 0 aliphatic heterocycles. The van der Waals surface area contributed by atoms with Crippen LogP contribution in [0.15, 0.2) is 28.8 Å². The van der Waals surface area contributed by atoms with Gasteiger partial charge in [0.25, 0.3) is 0 Å². The van der Waals surface area contributed by atoms with Gasteiger partial charge in [0, 0.05) is 12.4 Å². The molecule has 0 amide bonds. The molecule has 0 fully saturated rings. The SMILES string of the molecule is O=[N+]([O-])c1cnc(Cl)nc1Sc1ncc[nH]1. The van der Waals surface area contributed by atoms with E-state index in [0.29, 0.717) is 5.16 Å². The summed E-state index contributed by atoms with van der Waals surface area (Å²) in [4.78, 5) is 24.2. The zero-order valence-corrected chi connectivity index (χ0v) is 9.20. The van der Waals surface area contributed by atoms with Crippen LogP contribution in [0, 0.1) is 10.1 Å². The lowest BCUT2D eigenvalue weighted by atomic mass is 10.6. The lowest BCUT2D eigenvalue weighted by Gasteiger charge is -1.98. The topological polar surface area (TPSA) is 97.6 Å². The summed E-state index contributed by atoms with van der Waals surface area (Å²) in [6.45, 7) is 0. The highest BCUT2D eigenvalue weighted by molar-refractivity contribution is 7.99. The van der Waals surface area contributed by atoms with E-state index in [-0.39, 0.29) is 16.0 Å². The monoisotopic (exact) mass is 257 g/mol. The van der Waals surface area contributed by atoms with Gasteiger partial charge in [0.05, 0.1) is 4.92 Å². The number of rotatable bonds is 3. The van der Waals surface area contributed by atoms with Gasteiger partial charge in [-0.15, -0.1) is 0 Å². The van der Waals surface area contributed by atoms with Gasteiger partial charge in [-0.3, -0.25) is 10.1 Å². The molecule has 0 unspecified atom stereocenters. The van der Waals surface area contributed by atoms with E-state index in [1.165, 1.54) is 6.20 Å².